The maximum absolute atomic E-state index is 11.8. The first-order chi connectivity index (χ1) is 13.0. The van der Waals surface area contributed by atoms with Crippen LogP contribution in [-0.2, 0) is 10.0 Å². The molecule has 0 unspecified atom stereocenters. The van der Waals surface area contributed by atoms with Gasteiger partial charge in [0.15, 0.2) is 5.11 Å². The highest BCUT2D eigenvalue weighted by molar-refractivity contribution is 7.92. The van der Waals surface area contributed by atoms with Crippen LogP contribution in [0.4, 0.5) is 11.4 Å². The van der Waals surface area contributed by atoms with Gasteiger partial charge in [0.05, 0.1) is 18.0 Å². The van der Waals surface area contributed by atoms with Crippen LogP contribution in [0.1, 0.15) is 36.6 Å². The van der Waals surface area contributed by atoms with Gasteiger partial charge in [0.25, 0.3) is 0 Å². The zero-order valence-corrected chi connectivity index (χ0v) is 18.9. The molecule has 2 aromatic carbocycles. The molecule has 0 saturated heterocycles. The molecule has 2 rings (SSSR count). The van der Waals surface area contributed by atoms with Crippen LogP contribution in [0.25, 0.3) is 0 Å². The molecule has 2 N–H and O–H groups in total. The molecule has 7 heteroatoms. The van der Waals surface area contributed by atoms with Crippen LogP contribution in [-0.4, -0.2) is 26.8 Å². The lowest BCUT2D eigenvalue weighted by atomic mass is 9.92. The number of thiocarbonyl (C=S) groups is 1. The fourth-order valence-electron chi connectivity index (χ4n) is 3.06. The lowest BCUT2D eigenvalue weighted by molar-refractivity contribution is 0.471. The number of sulfonamides is 1. The molecule has 0 spiro atoms. The highest BCUT2D eigenvalue weighted by Gasteiger charge is 2.19. The third-order valence-electron chi connectivity index (χ3n) is 4.68. The van der Waals surface area contributed by atoms with Gasteiger partial charge in [-0.05, 0) is 61.3 Å². The Kier molecular flexibility index (Phi) is 7.06. The standard InChI is InChI=1S/C21H29N3O2S2/c1-14(2)20(19-11-10-15(3)12-16(19)4)23-21(27)22-17-8-7-9-18(13-17)24(5)28(6,25)26/h7-14,20H,1-6H3,(H2,22,23,27)/t20-/m1/s1. The molecule has 0 fully saturated rings. The lowest BCUT2D eigenvalue weighted by Gasteiger charge is -2.26. The molecule has 28 heavy (non-hydrogen) atoms. The third kappa shape index (κ3) is 5.69. The molecular weight excluding hydrogens is 390 g/mol. The third-order valence-corrected chi connectivity index (χ3v) is 6.10. The first-order valence-corrected chi connectivity index (χ1v) is 11.4. The van der Waals surface area contributed by atoms with Gasteiger partial charge >= 0.3 is 0 Å². The van der Waals surface area contributed by atoms with E-state index in [2.05, 4.69) is 56.5 Å². The number of hydrogen-bond donors (Lipinski definition) is 2. The summed E-state index contributed by atoms with van der Waals surface area (Å²) in [7, 11) is -1.79. The van der Waals surface area contributed by atoms with Gasteiger partial charge in [-0.2, -0.15) is 0 Å². The summed E-state index contributed by atoms with van der Waals surface area (Å²) in [6.07, 6.45) is 1.18. The second-order valence-electron chi connectivity index (χ2n) is 7.46. The normalized spacial score (nSPS) is 12.5. The second-order valence-corrected chi connectivity index (χ2v) is 9.88. The van der Waals surface area contributed by atoms with Gasteiger partial charge in [0, 0.05) is 12.7 Å². The number of nitrogens with one attached hydrogen (secondary N) is 2. The molecule has 0 aliphatic carbocycles. The molecule has 0 aliphatic heterocycles. The van der Waals surface area contributed by atoms with Crippen molar-refractivity contribution in [3.63, 3.8) is 0 Å². The van der Waals surface area contributed by atoms with E-state index in [9.17, 15) is 8.42 Å². The van der Waals surface area contributed by atoms with Crippen molar-refractivity contribution in [1.82, 2.24) is 5.32 Å². The van der Waals surface area contributed by atoms with Crippen molar-refractivity contribution in [3.05, 3.63) is 59.2 Å². The lowest BCUT2D eigenvalue weighted by Crippen LogP contribution is -2.35. The van der Waals surface area contributed by atoms with Crippen molar-refractivity contribution in [3.8, 4) is 0 Å². The largest absolute Gasteiger partial charge is 0.355 e. The van der Waals surface area contributed by atoms with Crippen LogP contribution >= 0.6 is 12.2 Å². The maximum Gasteiger partial charge on any atom is 0.231 e. The van der Waals surface area contributed by atoms with Crippen LogP contribution in [0.2, 0.25) is 0 Å². The number of hydrogen-bond acceptors (Lipinski definition) is 3. The molecule has 0 radical (unpaired) electrons. The van der Waals surface area contributed by atoms with Gasteiger partial charge in [0.2, 0.25) is 10.0 Å². The summed E-state index contributed by atoms with van der Waals surface area (Å²) in [4.78, 5) is 0. The van der Waals surface area contributed by atoms with Crippen LogP contribution < -0.4 is 14.9 Å². The number of benzene rings is 2. The van der Waals surface area contributed by atoms with Crippen molar-refractivity contribution in [2.45, 2.75) is 33.7 Å². The van der Waals surface area contributed by atoms with E-state index in [0.29, 0.717) is 16.7 Å². The van der Waals surface area contributed by atoms with Gasteiger partial charge in [-0.15, -0.1) is 0 Å². The van der Waals surface area contributed by atoms with Crippen molar-refractivity contribution >= 4 is 38.7 Å². The fourth-order valence-corrected chi connectivity index (χ4v) is 3.80. The first kappa shape index (κ1) is 22.2. The van der Waals surface area contributed by atoms with Gasteiger partial charge in [-0.25, -0.2) is 8.42 Å². The number of nitrogens with zero attached hydrogens (tertiary/aromatic N) is 1. The fraction of sp³-hybridized carbons (Fsp3) is 0.381. The van der Waals surface area contributed by atoms with Crippen molar-refractivity contribution in [2.75, 3.05) is 22.9 Å². The van der Waals surface area contributed by atoms with Gasteiger partial charge in [-0.1, -0.05) is 43.7 Å². The molecule has 0 aromatic heterocycles. The highest BCUT2D eigenvalue weighted by atomic mass is 32.2. The van der Waals surface area contributed by atoms with E-state index < -0.39 is 10.0 Å². The zero-order chi connectivity index (χ0) is 21.1. The Balaban J connectivity index is 2.18. The molecule has 2 aromatic rings. The molecule has 1 atom stereocenters. The topological polar surface area (TPSA) is 61.4 Å². The Labute approximate surface area is 174 Å². The van der Waals surface area contributed by atoms with Crippen LogP contribution in [0, 0.1) is 19.8 Å². The molecule has 5 nitrogen and oxygen atoms in total. The molecule has 0 amide bonds. The predicted molar refractivity (Wildman–Crippen MR) is 123 cm³/mol. The Hall–Kier alpha value is -2.12. The van der Waals surface area contributed by atoms with Crippen molar-refractivity contribution in [2.24, 2.45) is 5.92 Å². The molecule has 0 saturated carbocycles. The Morgan fingerprint density at radius 1 is 1.11 bits per heavy atom. The summed E-state index contributed by atoms with van der Waals surface area (Å²) >= 11 is 5.53. The van der Waals surface area contributed by atoms with E-state index in [1.807, 2.05) is 6.07 Å². The van der Waals surface area contributed by atoms with Crippen molar-refractivity contribution in [1.29, 1.82) is 0 Å². The minimum Gasteiger partial charge on any atom is -0.355 e. The minimum absolute atomic E-state index is 0.0717. The quantitative estimate of drug-likeness (QED) is 0.680. The van der Waals surface area contributed by atoms with E-state index in [0.717, 1.165) is 5.69 Å². The number of anilines is 2. The predicted octanol–water partition coefficient (Wildman–Crippen LogP) is 4.38. The molecule has 0 heterocycles. The Morgan fingerprint density at radius 3 is 2.36 bits per heavy atom. The monoisotopic (exact) mass is 419 g/mol. The summed E-state index contributed by atoms with van der Waals surface area (Å²) in [5.74, 6) is 0.337. The summed E-state index contributed by atoms with van der Waals surface area (Å²) in [5, 5.41) is 7.08. The van der Waals surface area contributed by atoms with Gasteiger partial charge in [-0.3, -0.25) is 4.31 Å². The molecular formula is C21H29N3O2S2. The SMILES string of the molecule is Cc1ccc([C@H](NC(=S)Nc2cccc(N(C)S(C)(=O)=O)c2)C(C)C)c(C)c1. The summed E-state index contributed by atoms with van der Waals surface area (Å²) in [5.41, 5.74) is 4.98. The second kappa shape index (κ2) is 8.92. The molecule has 0 aliphatic rings. The van der Waals surface area contributed by atoms with Gasteiger partial charge < -0.3 is 10.6 Å². The van der Waals surface area contributed by atoms with Crippen LogP contribution in [0.3, 0.4) is 0 Å². The van der Waals surface area contributed by atoms with E-state index in [-0.39, 0.29) is 6.04 Å². The average molecular weight is 420 g/mol. The van der Waals surface area contributed by atoms with Crippen molar-refractivity contribution < 1.29 is 8.42 Å². The number of aryl methyl sites for hydroxylation is 2. The molecule has 0 bridgehead atoms. The maximum atomic E-state index is 11.8. The van der Waals surface area contributed by atoms with E-state index in [1.165, 1.54) is 34.3 Å². The minimum atomic E-state index is -3.32. The summed E-state index contributed by atoms with van der Waals surface area (Å²) in [6, 6.07) is 13.7. The zero-order valence-electron chi connectivity index (χ0n) is 17.3. The summed E-state index contributed by atoms with van der Waals surface area (Å²) in [6.45, 7) is 8.50. The van der Waals surface area contributed by atoms with E-state index in [4.69, 9.17) is 12.2 Å². The van der Waals surface area contributed by atoms with Gasteiger partial charge in [0.1, 0.15) is 0 Å². The Morgan fingerprint density at radius 2 is 1.79 bits per heavy atom. The Bertz CT molecular complexity index is 956. The first-order valence-electron chi connectivity index (χ1n) is 9.17. The van der Waals surface area contributed by atoms with Crippen LogP contribution in [0.15, 0.2) is 42.5 Å². The van der Waals surface area contributed by atoms with Crippen LogP contribution in [0.5, 0.6) is 0 Å². The molecule has 152 valence electrons. The number of rotatable bonds is 6. The average Bonchev–Trinajstić information content (AvgIpc) is 2.59. The smallest absolute Gasteiger partial charge is 0.231 e. The highest BCUT2D eigenvalue weighted by Crippen LogP contribution is 2.26. The van der Waals surface area contributed by atoms with E-state index in [1.54, 1.807) is 18.2 Å². The summed E-state index contributed by atoms with van der Waals surface area (Å²) < 4.78 is 24.8. The van der Waals surface area contributed by atoms with E-state index >= 15 is 0 Å².